The number of para-hydroxylation sites is 2. The zero-order valence-electron chi connectivity index (χ0n) is 14.6. The first-order chi connectivity index (χ1) is 12.2. The maximum absolute atomic E-state index is 12.8. The summed E-state index contributed by atoms with van der Waals surface area (Å²) in [5, 5.41) is 0. The Morgan fingerprint density at radius 1 is 1.12 bits per heavy atom. The summed E-state index contributed by atoms with van der Waals surface area (Å²) < 4.78 is 10.9. The van der Waals surface area contributed by atoms with Gasteiger partial charge in [-0.1, -0.05) is 12.1 Å². The molecule has 0 atom stereocenters. The third-order valence-corrected chi connectivity index (χ3v) is 4.28. The number of aromatic nitrogens is 1. The Morgan fingerprint density at radius 3 is 2.60 bits per heavy atom. The Balaban J connectivity index is 1.69. The molecule has 25 heavy (non-hydrogen) atoms. The van der Waals surface area contributed by atoms with Crippen LogP contribution in [0.25, 0.3) is 0 Å². The minimum absolute atomic E-state index is 0.0313. The Morgan fingerprint density at radius 2 is 1.88 bits per heavy atom. The molecule has 1 amide bonds. The predicted molar refractivity (Wildman–Crippen MR) is 96.5 cm³/mol. The molecule has 2 heterocycles. The SMILES string of the molecule is CCOc1ncccc1C(=O)N1CCN(c2ccccc2OC)CC1. The van der Waals surface area contributed by atoms with E-state index in [1.54, 1.807) is 25.4 Å². The second kappa shape index (κ2) is 7.88. The molecule has 0 N–H and O–H groups in total. The quantitative estimate of drug-likeness (QED) is 0.836. The molecule has 2 aromatic rings. The molecule has 0 unspecified atom stereocenters. The molecule has 1 aromatic carbocycles. The number of hydrogen-bond donors (Lipinski definition) is 0. The maximum atomic E-state index is 12.8. The number of amides is 1. The minimum Gasteiger partial charge on any atom is -0.495 e. The molecule has 1 fully saturated rings. The second-order valence-corrected chi connectivity index (χ2v) is 5.74. The van der Waals surface area contributed by atoms with Gasteiger partial charge < -0.3 is 19.3 Å². The summed E-state index contributed by atoms with van der Waals surface area (Å²) in [5.41, 5.74) is 1.59. The Labute approximate surface area is 148 Å². The topological polar surface area (TPSA) is 54.9 Å². The van der Waals surface area contributed by atoms with Crippen LogP contribution in [0.15, 0.2) is 42.6 Å². The number of methoxy groups -OCH3 is 1. The summed E-state index contributed by atoms with van der Waals surface area (Å²) in [6.07, 6.45) is 1.64. The minimum atomic E-state index is -0.0313. The average molecular weight is 341 g/mol. The molecule has 0 spiro atoms. The van der Waals surface area contributed by atoms with E-state index in [-0.39, 0.29) is 5.91 Å². The van der Waals surface area contributed by atoms with Crippen LogP contribution in [0.1, 0.15) is 17.3 Å². The molecule has 1 aliphatic rings. The van der Waals surface area contributed by atoms with Crippen molar-refractivity contribution < 1.29 is 14.3 Å². The van der Waals surface area contributed by atoms with Crippen molar-refractivity contribution in [2.75, 3.05) is 44.8 Å². The van der Waals surface area contributed by atoms with E-state index in [9.17, 15) is 4.79 Å². The van der Waals surface area contributed by atoms with Crippen molar-refractivity contribution >= 4 is 11.6 Å². The van der Waals surface area contributed by atoms with E-state index in [0.29, 0.717) is 31.1 Å². The standard InChI is InChI=1S/C19H23N3O3/c1-3-25-18-15(7-6-10-20-18)19(23)22-13-11-21(12-14-22)16-8-4-5-9-17(16)24-2/h4-10H,3,11-14H2,1-2H3. The van der Waals surface area contributed by atoms with Crippen molar-refractivity contribution in [3.05, 3.63) is 48.2 Å². The molecule has 132 valence electrons. The highest BCUT2D eigenvalue weighted by molar-refractivity contribution is 5.96. The molecule has 0 aliphatic carbocycles. The molecule has 6 nitrogen and oxygen atoms in total. The van der Waals surface area contributed by atoms with Crippen molar-refractivity contribution in [2.45, 2.75) is 6.92 Å². The first-order valence-corrected chi connectivity index (χ1v) is 8.49. The fourth-order valence-electron chi connectivity index (χ4n) is 3.02. The van der Waals surface area contributed by atoms with Gasteiger partial charge >= 0.3 is 0 Å². The first-order valence-electron chi connectivity index (χ1n) is 8.49. The molecule has 0 radical (unpaired) electrons. The average Bonchev–Trinajstić information content (AvgIpc) is 2.68. The van der Waals surface area contributed by atoms with Gasteiger partial charge in [-0.05, 0) is 31.2 Å². The summed E-state index contributed by atoms with van der Waals surface area (Å²) in [6, 6.07) is 11.5. The van der Waals surface area contributed by atoms with Crippen LogP contribution in [0.5, 0.6) is 11.6 Å². The highest BCUT2D eigenvalue weighted by Crippen LogP contribution is 2.28. The number of carbonyl (C=O) groups excluding carboxylic acids is 1. The lowest BCUT2D eigenvalue weighted by atomic mass is 10.2. The number of hydrogen-bond acceptors (Lipinski definition) is 5. The molecular weight excluding hydrogens is 318 g/mol. The fraction of sp³-hybridized carbons (Fsp3) is 0.368. The van der Waals surface area contributed by atoms with Crippen LogP contribution in [0.3, 0.4) is 0 Å². The van der Waals surface area contributed by atoms with Crippen molar-refractivity contribution in [1.29, 1.82) is 0 Å². The Kier molecular flexibility index (Phi) is 5.38. The van der Waals surface area contributed by atoms with Gasteiger partial charge in [0.15, 0.2) is 0 Å². The summed E-state index contributed by atoms with van der Waals surface area (Å²) in [4.78, 5) is 21.1. The Hall–Kier alpha value is -2.76. The lowest BCUT2D eigenvalue weighted by Crippen LogP contribution is -2.49. The zero-order valence-corrected chi connectivity index (χ0v) is 14.6. The first kappa shape index (κ1) is 17.1. The largest absolute Gasteiger partial charge is 0.495 e. The van der Waals surface area contributed by atoms with Crippen molar-refractivity contribution in [3.8, 4) is 11.6 Å². The molecule has 3 rings (SSSR count). The molecule has 1 aliphatic heterocycles. The van der Waals surface area contributed by atoms with E-state index in [4.69, 9.17) is 9.47 Å². The third kappa shape index (κ3) is 3.68. The van der Waals surface area contributed by atoms with Gasteiger partial charge in [-0.3, -0.25) is 4.79 Å². The predicted octanol–water partition coefficient (Wildman–Crippen LogP) is 2.45. The fourth-order valence-corrected chi connectivity index (χ4v) is 3.02. The van der Waals surface area contributed by atoms with Crippen LogP contribution in [-0.2, 0) is 0 Å². The van der Waals surface area contributed by atoms with Crippen LogP contribution < -0.4 is 14.4 Å². The summed E-state index contributed by atoms with van der Waals surface area (Å²) in [6.45, 7) is 5.19. The zero-order chi connectivity index (χ0) is 17.6. The highest BCUT2D eigenvalue weighted by Gasteiger charge is 2.25. The van der Waals surface area contributed by atoms with Gasteiger partial charge in [0.05, 0.1) is 19.4 Å². The molecular formula is C19H23N3O3. The van der Waals surface area contributed by atoms with E-state index in [0.717, 1.165) is 24.5 Å². The van der Waals surface area contributed by atoms with Crippen LogP contribution in [0, 0.1) is 0 Å². The normalized spacial score (nSPS) is 14.3. The van der Waals surface area contributed by atoms with E-state index in [1.807, 2.05) is 36.1 Å². The van der Waals surface area contributed by atoms with E-state index >= 15 is 0 Å². The number of carbonyl (C=O) groups is 1. The summed E-state index contributed by atoms with van der Waals surface area (Å²) >= 11 is 0. The molecule has 1 saturated heterocycles. The van der Waals surface area contributed by atoms with Gasteiger partial charge in [-0.25, -0.2) is 4.98 Å². The molecule has 6 heteroatoms. The summed E-state index contributed by atoms with van der Waals surface area (Å²) in [5.74, 6) is 1.23. The van der Waals surface area contributed by atoms with Crippen molar-refractivity contribution in [2.24, 2.45) is 0 Å². The second-order valence-electron chi connectivity index (χ2n) is 5.74. The van der Waals surface area contributed by atoms with Crippen molar-refractivity contribution in [3.63, 3.8) is 0 Å². The van der Waals surface area contributed by atoms with Gasteiger partial charge in [0.1, 0.15) is 11.3 Å². The van der Waals surface area contributed by atoms with Crippen LogP contribution in [-0.4, -0.2) is 55.7 Å². The van der Waals surface area contributed by atoms with Gasteiger partial charge in [0.2, 0.25) is 5.88 Å². The number of rotatable bonds is 5. The smallest absolute Gasteiger partial charge is 0.259 e. The number of benzene rings is 1. The number of piperazine rings is 1. The highest BCUT2D eigenvalue weighted by atomic mass is 16.5. The van der Waals surface area contributed by atoms with E-state index in [1.165, 1.54) is 0 Å². The number of ether oxygens (including phenoxy) is 2. The maximum Gasteiger partial charge on any atom is 0.259 e. The summed E-state index contributed by atoms with van der Waals surface area (Å²) in [7, 11) is 1.68. The van der Waals surface area contributed by atoms with Crippen LogP contribution in [0.2, 0.25) is 0 Å². The van der Waals surface area contributed by atoms with Gasteiger partial charge in [-0.15, -0.1) is 0 Å². The van der Waals surface area contributed by atoms with Crippen LogP contribution >= 0.6 is 0 Å². The number of pyridine rings is 1. The van der Waals surface area contributed by atoms with Crippen molar-refractivity contribution in [1.82, 2.24) is 9.88 Å². The number of nitrogens with zero attached hydrogens (tertiary/aromatic N) is 3. The van der Waals surface area contributed by atoms with Gasteiger partial charge in [0.25, 0.3) is 5.91 Å². The van der Waals surface area contributed by atoms with E-state index < -0.39 is 0 Å². The van der Waals surface area contributed by atoms with Crippen LogP contribution in [0.4, 0.5) is 5.69 Å². The third-order valence-electron chi connectivity index (χ3n) is 4.28. The molecule has 0 bridgehead atoms. The number of anilines is 1. The van der Waals surface area contributed by atoms with Gasteiger partial charge in [-0.2, -0.15) is 0 Å². The lowest BCUT2D eigenvalue weighted by molar-refractivity contribution is 0.0741. The molecule has 0 saturated carbocycles. The van der Waals surface area contributed by atoms with E-state index in [2.05, 4.69) is 9.88 Å². The lowest BCUT2D eigenvalue weighted by Gasteiger charge is -2.36. The Bertz CT molecular complexity index is 727. The monoisotopic (exact) mass is 341 g/mol. The van der Waals surface area contributed by atoms with Gasteiger partial charge in [0, 0.05) is 32.4 Å². The molecule has 1 aromatic heterocycles.